The van der Waals surface area contributed by atoms with E-state index in [0.29, 0.717) is 12.5 Å². The molecule has 1 aromatic heterocycles. The van der Waals surface area contributed by atoms with Crippen LogP contribution < -0.4 is 10.6 Å². The maximum absolute atomic E-state index is 5.21. The number of benzene rings is 1. The number of hydrogen-bond donors (Lipinski definition) is 2. The number of imidazole rings is 1. The van der Waals surface area contributed by atoms with E-state index in [1.807, 2.05) is 25.1 Å². The molecule has 1 heterocycles. The van der Waals surface area contributed by atoms with Gasteiger partial charge in [-0.2, -0.15) is 0 Å². The first-order chi connectivity index (χ1) is 9.76. The number of nitrogens with one attached hydrogen (secondary N) is 2. The van der Waals surface area contributed by atoms with Crippen molar-refractivity contribution in [1.82, 2.24) is 20.2 Å². The van der Waals surface area contributed by atoms with Crippen LogP contribution in [0.4, 0.5) is 0 Å². The van der Waals surface area contributed by atoms with Gasteiger partial charge in [-0.25, -0.2) is 4.98 Å². The van der Waals surface area contributed by atoms with E-state index in [2.05, 4.69) is 37.2 Å². The number of hydrogen-bond acceptors (Lipinski definition) is 2. The van der Waals surface area contributed by atoms with Crippen LogP contribution in [0.3, 0.4) is 0 Å². The number of guanidine groups is 1. The van der Waals surface area contributed by atoms with Crippen LogP contribution in [0.5, 0.6) is 0 Å². The molecule has 0 bridgehead atoms. The Balaban J connectivity index is 1.99. The summed E-state index contributed by atoms with van der Waals surface area (Å²) in [5, 5.41) is 6.26. The van der Waals surface area contributed by atoms with Crippen molar-refractivity contribution in [2.45, 2.75) is 13.5 Å². The van der Waals surface area contributed by atoms with Crippen LogP contribution >= 0.6 is 0 Å². The third-order valence-electron chi connectivity index (χ3n) is 3.05. The van der Waals surface area contributed by atoms with Crippen LogP contribution in [0.25, 0.3) is 11.0 Å². The second-order valence-corrected chi connectivity index (χ2v) is 4.36. The summed E-state index contributed by atoms with van der Waals surface area (Å²) in [6, 6.07) is 8.14. The Hall–Kier alpha value is -2.48. The predicted molar refractivity (Wildman–Crippen MR) is 82.7 cm³/mol. The molecule has 2 rings (SSSR count). The molecule has 0 aliphatic rings. The lowest BCUT2D eigenvalue weighted by molar-refractivity contribution is 0.663. The number of rotatable bonds is 4. The number of nitrogens with zero attached hydrogens (tertiary/aromatic N) is 3. The van der Waals surface area contributed by atoms with Crippen molar-refractivity contribution in [2.75, 3.05) is 20.1 Å². The molecule has 5 heteroatoms. The Morgan fingerprint density at radius 2 is 2.20 bits per heavy atom. The minimum Gasteiger partial charge on any atom is -0.355 e. The lowest BCUT2D eigenvalue weighted by atomic mass is 10.3. The second-order valence-electron chi connectivity index (χ2n) is 4.36. The van der Waals surface area contributed by atoms with Gasteiger partial charge >= 0.3 is 0 Å². The van der Waals surface area contributed by atoms with Crippen LogP contribution in [0.2, 0.25) is 0 Å². The Morgan fingerprint density at radius 3 is 2.95 bits per heavy atom. The van der Waals surface area contributed by atoms with Crippen molar-refractivity contribution in [3.63, 3.8) is 0 Å². The van der Waals surface area contributed by atoms with E-state index in [1.165, 1.54) is 0 Å². The van der Waals surface area contributed by atoms with Crippen LogP contribution in [0.15, 0.2) is 29.3 Å². The van der Waals surface area contributed by atoms with Gasteiger partial charge in [-0.3, -0.25) is 4.99 Å². The molecule has 104 valence electrons. The number of para-hydroxylation sites is 2. The largest absolute Gasteiger partial charge is 0.355 e. The van der Waals surface area contributed by atoms with Gasteiger partial charge in [0.05, 0.1) is 17.6 Å². The summed E-state index contributed by atoms with van der Waals surface area (Å²) in [7, 11) is 1.73. The van der Waals surface area contributed by atoms with E-state index in [4.69, 9.17) is 6.42 Å². The molecule has 20 heavy (non-hydrogen) atoms. The zero-order valence-corrected chi connectivity index (χ0v) is 11.8. The third-order valence-corrected chi connectivity index (χ3v) is 3.05. The smallest absolute Gasteiger partial charge is 0.191 e. The summed E-state index contributed by atoms with van der Waals surface area (Å²) in [4.78, 5) is 8.65. The average molecular weight is 269 g/mol. The predicted octanol–water partition coefficient (Wildman–Crippen LogP) is 1.14. The fraction of sp³-hybridized carbons (Fsp3) is 0.333. The van der Waals surface area contributed by atoms with Gasteiger partial charge in [0.1, 0.15) is 5.82 Å². The van der Waals surface area contributed by atoms with Gasteiger partial charge in [0.15, 0.2) is 5.96 Å². The van der Waals surface area contributed by atoms with Crippen LogP contribution in [0.1, 0.15) is 5.82 Å². The first-order valence-electron chi connectivity index (χ1n) is 6.56. The van der Waals surface area contributed by atoms with Crippen LogP contribution in [-0.4, -0.2) is 35.6 Å². The first kappa shape index (κ1) is 13.9. The molecular formula is C15H19N5. The summed E-state index contributed by atoms with van der Waals surface area (Å²) in [6.07, 6.45) is 5.21. The van der Waals surface area contributed by atoms with Crippen LogP contribution in [-0.2, 0) is 6.54 Å². The summed E-state index contributed by atoms with van der Waals surface area (Å²) in [6.45, 7) is 4.06. The standard InChI is InChI=1S/C15H19N5/c1-4-9-17-15(16-3)18-10-11-20-12(2)19-13-7-5-6-8-14(13)20/h1,5-8H,9-11H2,2-3H3,(H2,16,17,18). The normalized spacial score (nSPS) is 11.3. The maximum atomic E-state index is 5.21. The molecule has 1 aromatic carbocycles. The molecule has 0 aliphatic carbocycles. The van der Waals surface area contributed by atoms with Crippen molar-refractivity contribution < 1.29 is 0 Å². The average Bonchev–Trinajstić information content (AvgIpc) is 2.78. The highest BCUT2D eigenvalue weighted by molar-refractivity contribution is 5.80. The molecule has 0 atom stereocenters. The van der Waals surface area contributed by atoms with Gasteiger partial charge in [0.2, 0.25) is 0 Å². The van der Waals surface area contributed by atoms with E-state index < -0.39 is 0 Å². The first-order valence-corrected chi connectivity index (χ1v) is 6.56. The Morgan fingerprint density at radius 1 is 1.40 bits per heavy atom. The molecule has 5 nitrogen and oxygen atoms in total. The van der Waals surface area contributed by atoms with Gasteiger partial charge in [-0.1, -0.05) is 18.1 Å². The lowest BCUT2D eigenvalue weighted by Gasteiger charge is -2.11. The SMILES string of the molecule is C#CCNC(=NC)NCCn1c(C)nc2ccccc21. The third kappa shape index (κ3) is 3.09. The molecule has 0 aliphatic heterocycles. The summed E-state index contributed by atoms with van der Waals surface area (Å²) < 4.78 is 2.19. The van der Waals surface area contributed by atoms with Crippen molar-refractivity contribution >= 4 is 17.0 Å². The van der Waals surface area contributed by atoms with Crippen LogP contribution in [0, 0.1) is 19.3 Å². The molecule has 2 aromatic rings. The lowest BCUT2D eigenvalue weighted by Crippen LogP contribution is -2.39. The van der Waals surface area contributed by atoms with Gasteiger partial charge in [-0.05, 0) is 19.1 Å². The Bertz CT molecular complexity index is 648. The molecule has 0 unspecified atom stereocenters. The highest BCUT2D eigenvalue weighted by Gasteiger charge is 2.06. The molecule has 0 saturated heterocycles. The Kier molecular flexibility index (Phi) is 4.61. The molecule has 0 radical (unpaired) electrons. The maximum Gasteiger partial charge on any atom is 0.191 e. The molecule has 0 fully saturated rings. The van der Waals surface area contributed by atoms with Crippen molar-refractivity contribution in [3.05, 3.63) is 30.1 Å². The molecule has 0 spiro atoms. The molecule has 0 saturated carbocycles. The molecule has 2 N–H and O–H groups in total. The number of fused-ring (bicyclic) bond motifs is 1. The van der Waals surface area contributed by atoms with Gasteiger partial charge in [0.25, 0.3) is 0 Å². The van der Waals surface area contributed by atoms with E-state index in [-0.39, 0.29) is 0 Å². The van der Waals surface area contributed by atoms with Gasteiger partial charge < -0.3 is 15.2 Å². The minimum absolute atomic E-state index is 0.465. The van der Waals surface area contributed by atoms with E-state index >= 15 is 0 Å². The molecule has 0 amide bonds. The van der Waals surface area contributed by atoms with E-state index in [1.54, 1.807) is 7.05 Å². The molecular weight excluding hydrogens is 250 g/mol. The Labute approximate surface area is 119 Å². The topological polar surface area (TPSA) is 54.2 Å². The fourth-order valence-electron chi connectivity index (χ4n) is 2.12. The number of aryl methyl sites for hydroxylation is 1. The summed E-state index contributed by atoms with van der Waals surface area (Å²) in [5.41, 5.74) is 2.18. The number of terminal acetylenes is 1. The highest BCUT2D eigenvalue weighted by Crippen LogP contribution is 2.14. The second kappa shape index (κ2) is 6.62. The monoisotopic (exact) mass is 269 g/mol. The van der Waals surface area contributed by atoms with E-state index in [0.717, 1.165) is 29.9 Å². The minimum atomic E-state index is 0.465. The van der Waals surface area contributed by atoms with Crippen molar-refractivity contribution in [3.8, 4) is 12.3 Å². The number of aromatic nitrogens is 2. The van der Waals surface area contributed by atoms with Gasteiger partial charge in [-0.15, -0.1) is 6.42 Å². The van der Waals surface area contributed by atoms with Crippen molar-refractivity contribution in [2.24, 2.45) is 4.99 Å². The van der Waals surface area contributed by atoms with Gasteiger partial charge in [0, 0.05) is 20.1 Å². The summed E-state index contributed by atoms with van der Waals surface area (Å²) >= 11 is 0. The quantitative estimate of drug-likeness (QED) is 0.497. The zero-order chi connectivity index (χ0) is 14.4. The van der Waals surface area contributed by atoms with E-state index in [9.17, 15) is 0 Å². The van der Waals surface area contributed by atoms with Crippen molar-refractivity contribution in [1.29, 1.82) is 0 Å². The number of aliphatic imine (C=N–C) groups is 1. The zero-order valence-electron chi connectivity index (χ0n) is 11.8. The summed E-state index contributed by atoms with van der Waals surface area (Å²) in [5.74, 6) is 4.25. The fourth-order valence-corrected chi connectivity index (χ4v) is 2.12. The highest BCUT2D eigenvalue weighted by atomic mass is 15.2.